The number of amides is 2. The third kappa shape index (κ3) is 4.84. The summed E-state index contributed by atoms with van der Waals surface area (Å²) in [6.45, 7) is 0.784. The highest BCUT2D eigenvalue weighted by molar-refractivity contribution is 5.97. The minimum atomic E-state index is -0.436. The van der Waals surface area contributed by atoms with Gasteiger partial charge in [-0.3, -0.25) is 14.9 Å². The quantitative estimate of drug-likeness (QED) is 0.579. The van der Waals surface area contributed by atoms with Crippen molar-refractivity contribution < 1.29 is 19.2 Å². The maximum absolute atomic E-state index is 13.1. The first kappa shape index (κ1) is 20.8. The number of carbonyl (C=O) groups excluding carboxylic acids is 2. The van der Waals surface area contributed by atoms with Gasteiger partial charge in [-0.25, -0.2) is 4.79 Å². The van der Waals surface area contributed by atoms with Crippen molar-refractivity contribution in [3.05, 3.63) is 69.8 Å². The van der Waals surface area contributed by atoms with Crippen LogP contribution in [0.2, 0.25) is 0 Å². The Balaban J connectivity index is 1.26. The third-order valence-electron chi connectivity index (χ3n) is 6.05. The second-order valence-electron chi connectivity index (χ2n) is 8.06. The maximum Gasteiger partial charge on any atom is 0.407 e. The molecule has 1 saturated carbocycles. The van der Waals surface area contributed by atoms with Gasteiger partial charge in [-0.2, -0.15) is 0 Å². The fourth-order valence-corrected chi connectivity index (χ4v) is 4.37. The molecule has 4 rings (SSSR count). The van der Waals surface area contributed by atoms with Crippen LogP contribution in [0.25, 0.3) is 0 Å². The molecule has 2 amide bonds. The molecule has 0 radical (unpaired) electrons. The molecule has 31 heavy (non-hydrogen) atoms. The maximum atomic E-state index is 13.1. The number of hydrogen-bond donors (Lipinski definition) is 1. The minimum absolute atomic E-state index is 0.000775. The van der Waals surface area contributed by atoms with E-state index in [0.717, 1.165) is 29.7 Å². The predicted octanol–water partition coefficient (Wildman–Crippen LogP) is 3.97. The number of anilines is 1. The van der Waals surface area contributed by atoms with Gasteiger partial charge in [-0.15, -0.1) is 0 Å². The van der Waals surface area contributed by atoms with E-state index >= 15 is 0 Å². The molecule has 1 aliphatic carbocycles. The topological polar surface area (TPSA) is 102 Å². The molecule has 2 aromatic carbocycles. The molecule has 0 aromatic heterocycles. The Morgan fingerprint density at radius 3 is 2.55 bits per heavy atom. The molecule has 8 heteroatoms. The second kappa shape index (κ2) is 9.16. The summed E-state index contributed by atoms with van der Waals surface area (Å²) in [6, 6.07) is 14.2. The molecule has 0 saturated heterocycles. The summed E-state index contributed by atoms with van der Waals surface area (Å²) < 4.78 is 5.28. The van der Waals surface area contributed by atoms with E-state index in [1.54, 1.807) is 17.0 Å². The van der Waals surface area contributed by atoms with E-state index in [1.807, 2.05) is 30.3 Å². The molecule has 0 spiro atoms. The first-order valence-electron chi connectivity index (χ1n) is 10.6. The number of fused-ring (bicyclic) bond motifs is 1. The number of rotatable bonds is 5. The van der Waals surface area contributed by atoms with Gasteiger partial charge < -0.3 is 15.0 Å². The number of ether oxygens (including phenoxy) is 1. The van der Waals surface area contributed by atoms with Crippen molar-refractivity contribution in [3.8, 4) is 0 Å². The van der Waals surface area contributed by atoms with Crippen LogP contribution in [0.5, 0.6) is 0 Å². The Morgan fingerprint density at radius 2 is 1.84 bits per heavy atom. The fourth-order valence-electron chi connectivity index (χ4n) is 4.37. The lowest BCUT2D eigenvalue weighted by Gasteiger charge is -2.31. The molecule has 162 valence electrons. The van der Waals surface area contributed by atoms with E-state index in [1.165, 1.54) is 6.07 Å². The Labute approximate surface area is 180 Å². The Bertz CT molecular complexity index is 970. The predicted molar refractivity (Wildman–Crippen MR) is 115 cm³/mol. The highest BCUT2D eigenvalue weighted by Gasteiger charge is 2.34. The van der Waals surface area contributed by atoms with E-state index in [9.17, 15) is 19.7 Å². The fraction of sp³-hybridized carbons (Fsp3) is 0.391. The van der Waals surface area contributed by atoms with Gasteiger partial charge in [0, 0.05) is 36.3 Å². The van der Waals surface area contributed by atoms with Gasteiger partial charge in [0.1, 0.15) is 6.61 Å². The average Bonchev–Trinajstić information content (AvgIpc) is 3.22. The number of nitro groups is 1. The van der Waals surface area contributed by atoms with Gasteiger partial charge in [0.2, 0.25) is 5.91 Å². The zero-order valence-corrected chi connectivity index (χ0v) is 17.2. The van der Waals surface area contributed by atoms with Crippen LogP contribution < -0.4 is 10.2 Å². The Morgan fingerprint density at radius 1 is 1.10 bits per heavy atom. The summed E-state index contributed by atoms with van der Waals surface area (Å²) in [5.74, 6) is -0.0303. The van der Waals surface area contributed by atoms with E-state index in [0.29, 0.717) is 25.8 Å². The molecular weight excluding hydrogens is 398 g/mol. The number of nitro benzene ring substituents is 1. The highest BCUT2D eigenvalue weighted by atomic mass is 16.6. The molecule has 0 atom stereocenters. The van der Waals surface area contributed by atoms with E-state index in [-0.39, 0.29) is 30.2 Å². The van der Waals surface area contributed by atoms with E-state index in [4.69, 9.17) is 4.74 Å². The third-order valence-corrected chi connectivity index (χ3v) is 6.05. The molecule has 2 aliphatic rings. The SMILES string of the molecule is O=C(N[C@H]1CC[C@H](C(=O)N2CCc3cc([N+](=O)[O-])ccc32)CC1)OCc1ccccc1. The summed E-state index contributed by atoms with van der Waals surface area (Å²) >= 11 is 0. The molecule has 1 aliphatic heterocycles. The van der Waals surface area contributed by atoms with Gasteiger partial charge in [-0.05, 0) is 49.3 Å². The van der Waals surface area contributed by atoms with E-state index in [2.05, 4.69) is 5.32 Å². The molecule has 8 nitrogen and oxygen atoms in total. The molecule has 0 bridgehead atoms. The number of alkyl carbamates (subject to hydrolysis) is 1. The lowest BCUT2D eigenvalue weighted by molar-refractivity contribution is -0.384. The van der Waals surface area contributed by atoms with Crippen LogP contribution in [0.3, 0.4) is 0 Å². The lowest BCUT2D eigenvalue weighted by atomic mass is 9.85. The van der Waals surface area contributed by atoms with Gasteiger partial charge in [0.15, 0.2) is 0 Å². The van der Waals surface area contributed by atoms with E-state index < -0.39 is 11.0 Å². The molecule has 0 unspecified atom stereocenters. The van der Waals surface area contributed by atoms with Crippen LogP contribution >= 0.6 is 0 Å². The van der Waals surface area contributed by atoms with Crippen molar-refractivity contribution in [2.45, 2.75) is 44.8 Å². The van der Waals surface area contributed by atoms with Gasteiger partial charge in [0.05, 0.1) is 4.92 Å². The van der Waals surface area contributed by atoms with Crippen molar-refractivity contribution in [1.82, 2.24) is 5.32 Å². The van der Waals surface area contributed by atoms with Crippen molar-refractivity contribution in [1.29, 1.82) is 0 Å². The van der Waals surface area contributed by atoms with Crippen molar-refractivity contribution >= 4 is 23.4 Å². The van der Waals surface area contributed by atoms with Crippen molar-refractivity contribution in [2.75, 3.05) is 11.4 Å². The average molecular weight is 423 g/mol. The van der Waals surface area contributed by atoms with Gasteiger partial charge in [-0.1, -0.05) is 30.3 Å². The second-order valence-corrected chi connectivity index (χ2v) is 8.06. The standard InChI is InChI=1S/C23H25N3O5/c27-22(25-13-12-18-14-20(26(29)30)10-11-21(18)25)17-6-8-19(9-7-17)24-23(28)31-15-16-4-2-1-3-5-16/h1-5,10-11,14,17,19H,6-9,12-13,15H2,(H,24,28)/t17-,19-. The first-order chi connectivity index (χ1) is 15.0. The Hall–Kier alpha value is -3.42. The molecular formula is C23H25N3O5. The highest BCUT2D eigenvalue weighted by Crippen LogP contribution is 2.34. The van der Waals surface area contributed by atoms with Crippen LogP contribution in [0.1, 0.15) is 36.8 Å². The number of benzene rings is 2. The van der Waals surface area contributed by atoms with Gasteiger partial charge in [0.25, 0.3) is 5.69 Å². The number of nitrogens with one attached hydrogen (secondary N) is 1. The number of carbonyl (C=O) groups is 2. The van der Waals surface area contributed by atoms with Crippen LogP contribution in [0.4, 0.5) is 16.2 Å². The van der Waals surface area contributed by atoms with Crippen LogP contribution in [-0.2, 0) is 22.6 Å². The first-order valence-corrected chi connectivity index (χ1v) is 10.6. The molecule has 1 heterocycles. The largest absolute Gasteiger partial charge is 0.445 e. The molecule has 1 fully saturated rings. The molecule has 2 aromatic rings. The number of nitrogens with zero attached hydrogens (tertiary/aromatic N) is 2. The number of non-ortho nitro benzene ring substituents is 1. The normalized spacial score (nSPS) is 20.1. The summed E-state index contributed by atoms with van der Waals surface area (Å²) in [6.07, 6.45) is 3.03. The summed E-state index contributed by atoms with van der Waals surface area (Å²) in [4.78, 5) is 37.4. The summed E-state index contributed by atoms with van der Waals surface area (Å²) in [7, 11) is 0. The monoisotopic (exact) mass is 423 g/mol. The van der Waals surface area contributed by atoms with Crippen molar-refractivity contribution in [2.24, 2.45) is 5.92 Å². The summed E-state index contributed by atoms with van der Waals surface area (Å²) in [5.41, 5.74) is 2.61. The van der Waals surface area contributed by atoms with Gasteiger partial charge >= 0.3 is 6.09 Å². The lowest BCUT2D eigenvalue weighted by Crippen LogP contribution is -2.42. The minimum Gasteiger partial charge on any atom is -0.445 e. The van der Waals surface area contributed by atoms with Crippen LogP contribution in [0, 0.1) is 16.0 Å². The molecule has 1 N–H and O–H groups in total. The smallest absolute Gasteiger partial charge is 0.407 e. The number of hydrogen-bond acceptors (Lipinski definition) is 5. The van der Waals surface area contributed by atoms with Crippen LogP contribution in [-0.4, -0.2) is 29.5 Å². The zero-order chi connectivity index (χ0) is 21.8. The Kier molecular flexibility index (Phi) is 6.16. The van der Waals surface area contributed by atoms with Crippen LogP contribution in [0.15, 0.2) is 48.5 Å². The summed E-state index contributed by atoms with van der Waals surface area (Å²) in [5, 5.41) is 13.9. The van der Waals surface area contributed by atoms with Crippen molar-refractivity contribution in [3.63, 3.8) is 0 Å². The zero-order valence-electron chi connectivity index (χ0n) is 17.2.